The minimum absolute atomic E-state index is 0.0794. The average molecular weight is 247 g/mol. The molecule has 1 atom stereocenters. The third kappa shape index (κ3) is 2.84. The lowest BCUT2D eigenvalue weighted by atomic mass is 10.0. The maximum absolute atomic E-state index is 13.0. The fourth-order valence-corrected chi connectivity index (χ4v) is 1.50. The van der Waals surface area contributed by atoms with Crippen molar-refractivity contribution in [3.05, 3.63) is 28.5 Å². The first kappa shape index (κ1) is 12.7. The van der Waals surface area contributed by atoms with Gasteiger partial charge in [0.1, 0.15) is 11.9 Å². The number of esters is 1. The highest BCUT2D eigenvalue weighted by atomic mass is 35.5. The molecule has 0 aliphatic rings. The van der Waals surface area contributed by atoms with Crippen LogP contribution in [0.3, 0.4) is 0 Å². The van der Waals surface area contributed by atoms with Gasteiger partial charge >= 0.3 is 5.97 Å². The molecule has 6 heteroatoms. The number of benzene rings is 1. The highest BCUT2D eigenvalue weighted by molar-refractivity contribution is 6.33. The number of carbonyl (C=O) groups is 1. The van der Waals surface area contributed by atoms with E-state index in [-0.39, 0.29) is 17.1 Å². The van der Waals surface area contributed by atoms with Gasteiger partial charge in [0.05, 0.1) is 17.8 Å². The van der Waals surface area contributed by atoms with Crippen LogP contribution in [0.4, 0.5) is 10.1 Å². The van der Waals surface area contributed by atoms with Crippen molar-refractivity contribution in [1.82, 2.24) is 0 Å². The Morgan fingerprint density at radius 1 is 1.62 bits per heavy atom. The summed E-state index contributed by atoms with van der Waals surface area (Å²) in [5.74, 6) is -1.11. The second-order valence-electron chi connectivity index (χ2n) is 3.29. The molecular weight excluding hydrogens is 235 g/mol. The summed E-state index contributed by atoms with van der Waals surface area (Å²) in [6, 6.07) is 1.42. The fourth-order valence-electron chi connectivity index (χ4n) is 1.28. The summed E-state index contributed by atoms with van der Waals surface area (Å²) in [5, 5.41) is 0.104. The van der Waals surface area contributed by atoms with Crippen LogP contribution in [0.25, 0.3) is 0 Å². The van der Waals surface area contributed by atoms with Gasteiger partial charge in [0.25, 0.3) is 0 Å². The van der Waals surface area contributed by atoms with Crippen LogP contribution in [-0.4, -0.2) is 19.1 Å². The summed E-state index contributed by atoms with van der Waals surface area (Å²) in [6.07, 6.45) is 0.0794. The first-order valence-electron chi connectivity index (χ1n) is 4.52. The van der Waals surface area contributed by atoms with Crippen LogP contribution in [0.15, 0.2) is 12.1 Å². The number of carbonyl (C=O) groups excluding carboxylic acids is 1. The molecule has 0 aromatic heterocycles. The van der Waals surface area contributed by atoms with E-state index < -0.39 is 17.8 Å². The summed E-state index contributed by atoms with van der Waals surface area (Å²) in [6.45, 7) is 0. The van der Waals surface area contributed by atoms with Crippen molar-refractivity contribution < 1.29 is 13.9 Å². The lowest BCUT2D eigenvalue weighted by Crippen LogP contribution is -2.33. The highest BCUT2D eigenvalue weighted by Crippen LogP contribution is 2.25. The molecule has 0 aliphatic carbocycles. The fraction of sp³-hybridized carbons (Fsp3) is 0.300. The average Bonchev–Trinajstić information content (AvgIpc) is 2.23. The Labute approximate surface area is 97.3 Å². The Balaban J connectivity index is 2.93. The summed E-state index contributed by atoms with van der Waals surface area (Å²) in [5.41, 5.74) is 11.8. The Hall–Kier alpha value is -1.33. The quantitative estimate of drug-likeness (QED) is 0.619. The lowest BCUT2D eigenvalue weighted by molar-refractivity contribution is -0.142. The second-order valence-corrected chi connectivity index (χ2v) is 3.70. The van der Waals surface area contributed by atoms with Crippen molar-refractivity contribution in [3.63, 3.8) is 0 Å². The van der Waals surface area contributed by atoms with Crippen LogP contribution in [0.5, 0.6) is 0 Å². The van der Waals surface area contributed by atoms with Crippen LogP contribution < -0.4 is 11.5 Å². The zero-order valence-corrected chi connectivity index (χ0v) is 9.42. The molecule has 16 heavy (non-hydrogen) atoms. The predicted molar refractivity (Wildman–Crippen MR) is 59.5 cm³/mol. The number of nitrogen functional groups attached to an aromatic ring is 1. The van der Waals surface area contributed by atoms with E-state index in [0.717, 1.165) is 6.07 Å². The molecule has 0 saturated carbocycles. The Bertz CT molecular complexity index is 412. The Kier molecular flexibility index (Phi) is 4.09. The van der Waals surface area contributed by atoms with Crippen LogP contribution in [-0.2, 0) is 16.0 Å². The molecule has 0 radical (unpaired) electrons. The molecule has 0 bridgehead atoms. The van der Waals surface area contributed by atoms with Gasteiger partial charge in [0, 0.05) is 6.42 Å². The minimum atomic E-state index is -0.884. The van der Waals surface area contributed by atoms with E-state index in [1.54, 1.807) is 0 Å². The van der Waals surface area contributed by atoms with Gasteiger partial charge in [-0.05, 0) is 17.7 Å². The van der Waals surface area contributed by atoms with Gasteiger partial charge in [-0.1, -0.05) is 11.6 Å². The van der Waals surface area contributed by atoms with Gasteiger partial charge in [-0.15, -0.1) is 0 Å². The third-order valence-corrected chi connectivity index (χ3v) is 2.44. The van der Waals surface area contributed by atoms with Gasteiger partial charge in [-0.2, -0.15) is 0 Å². The van der Waals surface area contributed by atoms with Crippen molar-refractivity contribution in [2.75, 3.05) is 12.8 Å². The minimum Gasteiger partial charge on any atom is -0.468 e. The van der Waals surface area contributed by atoms with E-state index in [1.165, 1.54) is 13.2 Å². The molecule has 4 nitrogen and oxygen atoms in total. The highest BCUT2D eigenvalue weighted by Gasteiger charge is 2.17. The van der Waals surface area contributed by atoms with Crippen LogP contribution in [0.1, 0.15) is 5.56 Å². The number of rotatable bonds is 3. The van der Waals surface area contributed by atoms with Gasteiger partial charge in [0.15, 0.2) is 0 Å². The van der Waals surface area contributed by atoms with Gasteiger partial charge in [-0.3, -0.25) is 4.79 Å². The molecule has 88 valence electrons. The first-order valence-corrected chi connectivity index (χ1v) is 4.90. The summed E-state index contributed by atoms with van der Waals surface area (Å²) < 4.78 is 17.5. The second kappa shape index (κ2) is 5.14. The van der Waals surface area contributed by atoms with Crippen LogP contribution in [0, 0.1) is 5.82 Å². The van der Waals surface area contributed by atoms with E-state index in [4.69, 9.17) is 23.1 Å². The van der Waals surface area contributed by atoms with E-state index in [9.17, 15) is 9.18 Å². The number of ether oxygens (including phenoxy) is 1. The Morgan fingerprint density at radius 2 is 2.25 bits per heavy atom. The molecule has 0 fully saturated rings. The van der Waals surface area contributed by atoms with Crippen molar-refractivity contribution >= 4 is 23.3 Å². The lowest BCUT2D eigenvalue weighted by Gasteiger charge is -2.12. The molecule has 4 N–H and O–H groups in total. The summed E-state index contributed by atoms with van der Waals surface area (Å²) in [7, 11) is 1.23. The molecule has 0 heterocycles. The van der Waals surface area contributed by atoms with Gasteiger partial charge in [-0.25, -0.2) is 4.39 Å². The number of nitrogens with two attached hydrogens (primary N) is 2. The first-order chi connectivity index (χ1) is 7.45. The summed E-state index contributed by atoms with van der Waals surface area (Å²) >= 11 is 5.69. The molecule has 1 aromatic carbocycles. The monoisotopic (exact) mass is 246 g/mol. The number of anilines is 1. The molecule has 1 rings (SSSR count). The van der Waals surface area contributed by atoms with E-state index in [0.29, 0.717) is 5.56 Å². The normalized spacial score (nSPS) is 12.2. The maximum Gasteiger partial charge on any atom is 0.322 e. The van der Waals surface area contributed by atoms with Crippen LogP contribution >= 0.6 is 11.6 Å². The van der Waals surface area contributed by atoms with Gasteiger partial charge < -0.3 is 16.2 Å². The number of hydrogen-bond acceptors (Lipinski definition) is 4. The third-order valence-electron chi connectivity index (χ3n) is 2.12. The van der Waals surface area contributed by atoms with Gasteiger partial charge in [0.2, 0.25) is 0 Å². The molecule has 0 spiro atoms. The zero-order valence-electron chi connectivity index (χ0n) is 8.67. The van der Waals surface area contributed by atoms with Crippen molar-refractivity contribution in [1.29, 1.82) is 0 Å². The number of methoxy groups -OCH3 is 1. The summed E-state index contributed by atoms with van der Waals surface area (Å²) in [4.78, 5) is 11.1. The number of hydrogen-bond donors (Lipinski definition) is 2. The molecule has 0 saturated heterocycles. The van der Waals surface area contributed by atoms with E-state index >= 15 is 0 Å². The zero-order chi connectivity index (χ0) is 12.3. The van der Waals surface area contributed by atoms with E-state index in [2.05, 4.69) is 4.74 Å². The topological polar surface area (TPSA) is 78.3 Å². The van der Waals surface area contributed by atoms with Crippen LogP contribution in [0.2, 0.25) is 5.02 Å². The van der Waals surface area contributed by atoms with Crippen molar-refractivity contribution in [2.45, 2.75) is 12.5 Å². The Morgan fingerprint density at radius 3 is 2.81 bits per heavy atom. The molecule has 0 aliphatic heterocycles. The van der Waals surface area contributed by atoms with E-state index in [1.807, 2.05) is 0 Å². The van der Waals surface area contributed by atoms with Crippen molar-refractivity contribution in [3.8, 4) is 0 Å². The molecule has 0 unspecified atom stereocenters. The molecule has 0 amide bonds. The maximum atomic E-state index is 13.0. The smallest absolute Gasteiger partial charge is 0.322 e. The number of halogens is 2. The molecular formula is C10H12ClFN2O2. The predicted octanol–water partition coefficient (Wildman–Crippen LogP) is 1.10. The standard InChI is InChI=1S/C10H12ClFN2O2/c1-16-10(15)8(13)3-5-2-6(12)4-7(11)9(5)14/h2,4,8H,3,13-14H2,1H3/t8-/m0/s1. The molecule has 1 aromatic rings. The van der Waals surface area contributed by atoms with Crippen molar-refractivity contribution in [2.24, 2.45) is 5.73 Å². The largest absolute Gasteiger partial charge is 0.468 e. The SMILES string of the molecule is COC(=O)[C@@H](N)Cc1cc(F)cc(Cl)c1N.